The van der Waals surface area contributed by atoms with Gasteiger partial charge in [-0.2, -0.15) is 9.97 Å². The second-order valence-electron chi connectivity index (χ2n) is 8.64. The SMILES string of the molecule is CC(=O)N1CCC(CNc2nc(NC3CCCCc4ccccc43)nc3nc[nH]c23)C1. The fraction of sp³-hybridized carbons (Fsp3) is 0.478. The molecule has 3 N–H and O–H groups in total. The van der Waals surface area contributed by atoms with Crippen molar-refractivity contribution in [1.29, 1.82) is 0 Å². The number of carbonyl (C=O) groups excluding carboxylic acids is 1. The van der Waals surface area contributed by atoms with Gasteiger partial charge in [0.1, 0.15) is 5.52 Å². The van der Waals surface area contributed by atoms with Crippen LogP contribution < -0.4 is 10.6 Å². The Kier molecular flexibility index (Phi) is 5.44. The van der Waals surface area contributed by atoms with Gasteiger partial charge in [0.05, 0.1) is 12.4 Å². The third kappa shape index (κ3) is 4.19. The number of hydrogen-bond donors (Lipinski definition) is 3. The van der Waals surface area contributed by atoms with E-state index in [4.69, 9.17) is 4.98 Å². The molecular weight excluding hydrogens is 390 g/mol. The Morgan fingerprint density at radius 2 is 2.13 bits per heavy atom. The number of imidazole rings is 1. The number of anilines is 2. The van der Waals surface area contributed by atoms with Crippen LogP contribution in [0.5, 0.6) is 0 Å². The molecule has 1 aliphatic heterocycles. The van der Waals surface area contributed by atoms with E-state index in [0.717, 1.165) is 50.2 Å². The molecule has 3 heterocycles. The number of benzene rings is 1. The van der Waals surface area contributed by atoms with Crippen LogP contribution in [0.4, 0.5) is 11.8 Å². The molecule has 2 atom stereocenters. The second-order valence-corrected chi connectivity index (χ2v) is 8.64. The van der Waals surface area contributed by atoms with E-state index in [-0.39, 0.29) is 11.9 Å². The van der Waals surface area contributed by atoms with Crippen molar-refractivity contribution in [3.8, 4) is 0 Å². The number of rotatable bonds is 5. The lowest BCUT2D eigenvalue weighted by molar-refractivity contribution is -0.127. The number of hydrogen-bond acceptors (Lipinski definition) is 6. The molecule has 0 radical (unpaired) electrons. The van der Waals surface area contributed by atoms with Crippen LogP contribution in [0.3, 0.4) is 0 Å². The first-order valence-electron chi connectivity index (χ1n) is 11.2. The van der Waals surface area contributed by atoms with Crippen molar-refractivity contribution in [1.82, 2.24) is 24.8 Å². The monoisotopic (exact) mass is 419 g/mol. The minimum atomic E-state index is 0.149. The summed E-state index contributed by atoms with van der Waals surface area (Å²) in [6, 6.07) is 8.86. The van der Waals surface area contributed by atoms with Gasteiger partial charge in [-0.3, -0.25) is 4.79 Å². The molecular formula is C23H29N7O. The van der Waals surface area contributed by atoms with Crippen molar-refractivity contribution in [2.24, 2.45) is 5.92 Å². The molecule has 1 aromatic carbocycles. The fourth-order valence-corrected chi connectivity index (χ4v) is 4.78. The minimum absolute atomic E-state index is 0.149. The van der Waals surface area contributed by atoms with Gasteiger partial charge in [-0.05, 0) is 42.7 Å². The zero-order valence-electron chi connectivity index (χ0n) is 17.9. The van der Waals surface area contributed by atoms with Gasteiger partial charge in [-0.15, -0.1) is 0 Å². The molecule has 0 spiro atoms. The first kappa shape index (κ1) is 19.8. The largest absolute Gasteiger partial charge is 0.368 e. The van der Waals surface area contributed by atoms with Crippen molar-refractivity contribution in [2.45, 2.75) is 45.1 Å². The number of nitrogens with zero attached hydrogens (tertiary/aromatic N) is 4. The van der Waals surface area contributed by atoms with Crippen LogP contribution in [-0.4, -0.2) is 50.4 Å². The quantitative estimate of drug-likeness (QED) is 0.548. The lowest BCUT2D eigenvalue weighted by Gasteiger charge is -2.20. The van der Waals surface area contributed by atoms with Gasteiger partial charge in [-0.25, -0.2) is 4.98 Å². The van der Waals surface area contributed by atoms with Gasteiger partial charge in [0, 0.05) is 26.6 Å². The number of aromatic nitrogens is 4. The maximum atomic E-state index is 11.6. The summed E-state index contributed by atoms with van der Waals surface area (Å²) < 4.78 is 0. The first-order valence-corrected chi connectivity index (χ1v) is 11.2. The first-order chi connectivity index (χ1) is 15.2. The molecule has 2 aliphatic rings. The predicted octanol–water partition coefficient (Wildman–Crippen LogP) is 3.51. The molecule has 2 unspecified atom stereocenters. The summed E-state index contributed by atoms with van der Waals surface area (Å²) in [4.78, 5) is 30.5. The van der Waals surface area contributed by atoms with Crippen LogP contribution in [-0.2, 0) is 11.2 Å². The molecule has 0 bridgehead atoms. The van der Waals surface area contributed by atoms with Crippen LogP contribution >= 0.6 is 0 Å². The Balaban J connectivity index is 1.35. The molecule has 2 aromatic heterocycles. The normalized spacial score (nSPS) is 21.0. The van der Waals surface area contributed by atoms with Gasteiger partial charge in [0.15, 0.2) is 11.5 Å². The summed E-state index contributed by atoms with van der Waals surface area (Å²) in [6.07, 6.45) is 7.23. The van der Waals surface area contributed by atoms with E-state index < -0.39 is 0 Å². The molecule has 1 amide bonds. The Morgan fingerprint density at radius 1 is 1.23 bits per heavy atom. The van der Waals surface area contributed by atoms with Crippen LogP contribution in [0.2, 0.25) is 0 Å². The van der Waals surface area contributed by atoms with Gasteiger partial charge >= 0.3 is 0 Å². The van der Waals surface area contributed by atoms with Crippen molar-refractivity contribution < 1.29 is 4.79 Å². The highest BCUT2D eigenvalue weighted by atomic mass is 16.2. The van der Waals surface area contributed by atoms with Gasteiger partial charge < -0.3 is 20.5 Å². The number of nitrogens with one attached hydrogen (secondary N) is 3. The number of likely N-dealkylation sites (tertiary alicyclic amines) is 1. The molecule has 0 saturated carbocycles. The van der Waals surface area contributed by atoms with E-state index in [0.29, 0.717) is 17.5 Å². The number of aromatic amines is 1. The lowest BCUT2D eigenvalue weighted by Crippen LogP contribution is -2.27. The molecule has 8 nitrogen and oxygen atoms in total. The van der Waals surface area contributed by atoms with E-state index in [1.54, 1.807) is 13.3 Å². The summed E-state index contributed by atoms with van der Waals surface area (Å²) in [5, 5.41) is 7.06. The van der Waals surface area contributed by atoms with Crippen LogP contribution in [0.25, 0.3) is 11.2 Å². The summed E-state index contributed by atoms with van der Waals surface area (Å²) in [7, 11) is 0. The fourth-order valence-electron chi connectivity index (χ4n) is 4.78. The highest BCUT2D eigenvalue weighted by Crippen LogP contribution is 2.31. The predicted molar refractivity (Wildman–Crippen MR) is 121 cm³/mol. The van der Waals surface area contributed by atoms with E-state index >= 15 is 0 Å². The van der Waals surface area contributed by atoms with Crippen molar-refractivity contribution >= 4 is 28.8 Å². The number of amides is 1. The standard InChI is InChI=1S/C23H29N7O/c1-15(31)30-11-10-16(13-30)12-24-21-20-22(26-14-25-20)29-23(28-21)27-19-9-5-3-7-17-6-2-4-8-18(17)19/h2,4,6,8,14,16,19H,3,5,7,9-13H2,1H3,(H3,24,25,26,27,28,29). The molecule has 5 rings (SSSR count). The van der Waals surface area contributed by atoms with Crippen LogP contribution in [0, 0.1) is 5.92 Å². The Labute approximate surface area is 181 Å². The summed E-state index contributed by atoms with van der Waals surface area (Å²) in [6.45, 7) is 4.03. The highest BCUT2D eigenvalue weighted by molar-refractivity contribution is 5.83. The molecule has 1 saturated heterocycles. The Morgan fingerprint density at radius 3 is 3.00 bits per heavy atom. The zero-order valence-corrected chi connectivity index (χ0v) is 17.9. The average molecular weight is 420 g/mol. The third-order valence-electron chi connectivity index (χ3n) is 6.50. The van der Waals surface area contributed by atoms with Gasteiger partial charge in [-0.1, -0.05) is 30.7 Å². The smallest absolute Gasteiger partial charge is 0.227 e. The van der Waals surface area contributed by atoms with Crippen molar-refractivity contribution in [2.75, 3.05) is 30.3 Å². The van der Waals surface area contributed by atoms with Crippen LogP contribution in [0.1, 0.15) is 49.8 Å². The average Bonchev–Trinajstić information content (AvgIpc) is 3.40. The zero-order chi connectivity index (χ0) is 21.2. The Bertz CT molecular complexity index is 1080. The maximum absolute atomic E-state index is 11.6. The number of carbonyl (C=O) groups is 1. The molecule has 31 heavy (non-hydrogen) atoms. The number of H-pyrrole nitrogens is 1. The molecule has 1 fully saturated rings. The highest BCUT2D eigenvalue weighted by Gasteiger charge is 2.25. The minimum Gasteiger partial charge on any atom is -0.368 e. The molecule has 3 aromatic rings. The molecule has 8 heteroatoms. The maximum Gasteiger partial charge on any atom is 0.227 e. The van der Waals surface area contributed by atoms with Gasteiger partial charge in [0.2, 0.25) is 11.9 Å². The van der Waals surface area contributed by atoms with E-state index in [1.165, 1.54) is 24.0 Å². The topological polar surface area (TPSA) is 98.8 Å². The summed E-state index contributed by atoms with van der Waals surface area (Å²) >= 11 is 0. The van der Waals surface area contributed by atoms with E-state index in [9.17, 15) is 4.79 Å². The van der Waals surface area contributed by atoms with Gasteiger partial charge in [0.25, 0.3) is 0 Å². The third-order valence-corrected chi connectivity index (χ3v) is 6.50. The second kappa shape index (κ2) is 8.53. The number of fused-ring (bicyclic) bond motifs is 2. The van der Waals surface area contributed by atoms with E-state index in [1.807, 2.05) is 4.90 Å². The lowest BCUT2D eigenvalue weighted by atomic mass is 9.99. The summed E-state index contributed by atoms with van der Waals surface area (Å²) in [5.41, 5.74) is 4.22. The molecule has 1 aliphatic carbocycles. The van der Waals surface area contributed by atoms with Crippen molar-refractivity contribution in [3.05, 3.63) is 41.7 Å². The van der Waals surface area contributed by atoms with Crippen molar-refractivity contribution in [3.63, 3.8) is 0 Å². The molecule has 162 valence electrons. The number of aryl methyl sites for hydroxylation is 1. The Hall–Kier alpha value is -3.16. The van der Waals surface area contributed by atoms with E-state index in [2.05, 4.69) is 49.9 Å². The van der Waals surface area contributed by atoms with Crippen LogP contribution in [0.15, 0.2) is 30.6 Å². The summed E-state index contributed by atoms with van der Waals surface area (Å²) in [5.74, 6) is 1.92.